The summed E-state index contributed by atoms with van der Waals surface area (Å²) in [5, 5.41) is 13.1. The van der Waals surface area contributed by atoms with Gasteiger partial charge in [0.15, 0.2) is 0 Å². The molecule has 5 heterocycles. The lowest BCUT2D eigenvalue weighted by Gasteiger charge is -2.45. The molecule has 5 rings (SSSR count). The van der Waals surface area contributed by atoms with Crippen molar-refractivity contribution >= 4 is 39.4 Å². The maximum atomic E-state index is 13.1. The number of fused-ring (bicyclic) bond motifs is 1. The summed E-state index contributed by atoms with van der Waals surface area (Å²) < 4.78 is 40.0. The highest BCUT2D eigenvalue weighted by Crippen LogP contribution is 2.33. The van der Waals surface area contributed by atoms with E-state index in [0.717, 1.165) is 36.8 Å². The summed E-state index contributed by atoms with van der Waals surface area (Å²) >= 11 is 1.12. The first kappa shape index (κ1) is 24.9. The summed E-state index contributed by atoms with van der Waals surface area (Å²) in [6, 6.07) is 1.63. The average Bonchev–Trinajstić information content (AvgIpc) is 3.49. The molecule has 194 valence electrons. The van der Waals surface area contributed by atoms with E-state index in [-0.39, 0.29) is 33.7 Å². The molecule has 1 aliphatic rings. The Morgan fingerprint density at radius 1 is 1.11 bits per heavy atom. The van der Waals surface area contributed by atoms with Gasteiger partial charge in [-0.05, 0) is 18.4 Å². The van der Waals surface area contributed by atoms with Gasteiger partial charge >= 0.3 is 6.30 Å². The van der Waals surface area contributed by atoms with E-state index in [4.69, 9.17) is 0 Å². The third kappa shape index (κ3) is 5.20. The van der Waals surface area contributed by atoms with E-state index >= 15 is 0 Å². The van der Waals surface area contributed by atoms with Gasteiger partial charge in [-0.15, -0.1) is 24.5 Å². The molecule has 2 amide bonds. The van der Waals surface area contributed by atoms with Gasteiger partial charge in [0.2, 0.25) is 5.91 Å². The first-order valence-corrected chi connectivity index (χ1v) is 12.1. The molecule has 2 N–H and O–H groups in total. The molecule has 0 radical (unpaired) electrons. The molecule has 1 fully saturated rings. The van der Waals surface area contributed by atoms with E-state index in [9.17, 15) is 22.8 Å². The summed E-state index contributed by atoms with van der Waals surface area (Å²) in [6.07, 6.45) is 1.81. The van der Waals surface area contributed by atoms with Gasteiger partial charge in [-0.25, -0.2) is 4.52 Å². The number of aromatic nitrogens is 5. The van der Waals surface area contributed by atoms with E-state index in [1.54, 1.807) is 13.0 Å². The molecule has 37 heavy (non-hydrogen) atoms. The Labute approximate surface area is 213 Å². The second-order valence-corrected chi connectivity index (χ2v) is 10.7. The topological polar surface area (TPSA) is 109 Å². The van der Waals surface area contributed by atoms with Gasteiger partial charge in [-0.1, -0.05) is 13.8 Å². The molecule has 1 saturated heterocycles. The Bertz CT molecular complexity index is 1500. The molecule has 0 aliphatic carbocycles. The van der Waals surface area contributed by atoms with Crippen molar-refractivity contribution in [3.63, 3.8) is 0 Å². The third-order valence-electron chi connectivity index (χ3n) is 5.86. The van der Waals surface area contributed by atoms with E-state index in [1.807, 2.05) is 4.90 Å². The van der Waals surface area contributed by atoms with Crippen LogP contribution in [0.15, 0.2) is 37.1 Å². The molecule has 4 aromatic heterocycles. The number of amides is 2. The zero-order valence-electron chi connectivity index (χ0n) is 20.1. The number of anilines is 2. The molecule has 10 nitrogen and oxygen atoms in total. The van der Waals surface area contributed by atoms with Crippen molar-refractivity contribution in [2.24, 2.45) is 5.41 Å². The number of rotatable bonds is 6. The highest BCUT2D eigenvalue weighted by atomic mass is 32.1. The highest BCUT2D eigenvalue weighted by molar-refractivity contribution is 7.21. The summed E-state index contributed by atoms with van der Waals surface area (Å²) in [4.78, 5) is 32.7. The minimum absolute atomic E-state index is 0.0790. The SMILES string of the molecule is Cc1ncc(NC(=O)CN2CC(C)(C)C2)cc1NC(=O)c1cnn2cc(-c3cnn(C(F)(F)F)c3)sc12. The summed E-state index contributed by atoms with van der Waals surface area (Å²) in [6.45, 7) is 7.99. The number of carbonyl (C=O) groups excluding carboxylic acids is 2. The van der Waals surface area contributed by atoms with E-state index < -0.39 is 12.2 Å². The number of aryl methyl sites for hydroxylation is 1. The Hall–Kier alpha value is -3.78. The standard InChI is InChI=1S/C23H23F3N8O2S/c1-13-17(4-15(6-27-13)30-19(35)10-32-11-22(2,3)12-32)31-20(36)16-7-28-33-9-18(37-21(16)33)14-5-29-34(8-14)23(24,25)26/h4-9H,10-12H2,1-3H3,(H,30,35)(H,31,36). The van der Waals surface area contributed by atoms with E-state index in [2.05, 4.69) is 39.7 Å². The quantitative estimate of drug-likeness (QED) is 0.389. The fraction of sp³-hybridized carbons (Fsp3) is 0.348. The van der Waals surface area contributed by atoms with Gasteiger partial charge in [-0.3, -0.25) is 19.5 Å². The Morgan fingerprint density at radius 2 is 1.86 bits per heavy atom. The number of halogens is 3. The van der Waals surface area contributed by atoms with Crippen molar-refractivity contribution in [3.8, 4) is 10.4 Å². The zero-order chi connectivity index (χ0) is 26.5. The van der Waals surface area contributed by atoms with Crippen LogP contribution in [-0.4, -0.2) is 60.7 Å². The van der Waals surface area contributed by atoms with Gasteiger partial charge in [0, 0.05) is 31.0 Å². The lowest BCUT2D eigenvalue weighted by Crippen LogP contribution is -2.54. The van der Waals surface area contributed by atoms with Gasteiger partial charge in [0.05, 0.1) is 52.6 Å². The van der Waals surface area contributed by atoms with Gasteiger partial charge in [0.25, 0.3) is 5.91 Å². The van der Waals surface area contributed by atoms with Gasteiger partial charge in [-0.2, -0.15) is 14.9 Å². The van der Waals surface area contributed by atoms with Crippen molar-refractivity contribution in [3.05, 3.63) is 48.3 Å². The minimum atomic E-state index is -4.62. The summed E-state index contributed by atoms with van der Waals surface area (Å²) in [7, 11) is 0. The fourth-order valence-corrected chi connectivity index (χ4v) is 5.29. The van der Waals surface area contributed by atoms with Crippen LogP contribution in [0, 0.1) is 12.3 Å². The summed E-state index contributed by atoms with van der Waals surface area (Å²) in [5.41, 5.74) is 2.13. The Morgan fingerprint density at radius 3 is 2.54 bits per heavy atom. The van der Waals surface area contributed by atoms with Crippen LogP contribution in [0.4, 0.5) is 24.5 Å². The molecular formula is C23H23F3N8O2S. The second kappa shape index (κ2) is 8.95. The maximum absolute atomic E-state index is 13.1. The first-order chi connectivity index (χ1) is 17.4. The number of likely N-dealkylation sites (tertiary alicyclic amines) is 1. The predicted molar refractivity (Wildman–Crippen MR) is 131 cm³/mol. The summed E-state index contributed by atoms with van der Waals surface area (Å²) in [5.74, 6) is -0.637. The number of nitrogens with zero attached hydrogens (tertiary/aromatic N) is 6. The molecule has 0 aromatic carbocycles. The maximum Gasteiger partial charge on any atom is 0.504 e. The van der Waals surface area contributed by atoms with Crippen LogP contribution in [0.3, 0.4) is 0 Å². The number of carbonyl (C=O) groups is 2. The van der Waals surface area contributed by atoms with Crippen molar-refractivity contribution < 1.29 is 22.8 Å². The molecule has 0 bridgehead atoms. The van der Waals surface area contributed by atoms with Crippen LogP contribution in [-0.2, 0) is 11.1 Å². The first-order valence-electron chi connectivity index (χ1n) is 11.3. The van der Waals surface area contributed by atoms with Crippen LogP contribution in [0.2, 0.25) is 0 Å². The van der Waals surface area contributed by atoms with Crippen LogP contribution < -0.4 is 10.6 Å². The number of hydrogen-bond donors (Lipinski definition) is 2. The number of pyridine rings is 1. The van der Waals surface area contributed by atoms with Gasteiger partial charge < -0.3 is 10.6 Å². The number of thiazole rings is 1. The van der Waals surface area contributed by atoms with Crippen LogP contribution in [0.1, 0.15) is 29.9 Å². The number of hydrogen-bond acceptors (Lipinski definition) is 7. The molecule has 4 aromatic rings. The number of nitrogens with one attached hydrogen (secondary N) is 2. The zero-order valence-corrected chi connectivity index (χ0v) is 20.9. The molecule has 0 saturated carbocycles. The molecule has 14 heteroatoms. The molecule has 0 unspecified atom stereocenters. The van der Waals surface area contributed by atoms with Crippen LogP contribution >= 0.6 is 11.3 Å². The second-order valence-electron chi connectivity index (χ2n) is 9.71. The largest absolute Gasteiger partial charge is 0.504 e. The van der Waals surface area contributed by atoms with Crippen molar-refractivity contribution in [2.45, 2.75) is 27.1 Å². The van der Waals surface area contributed by atoms with Crippen molar-refractivity contribution in [1.82, 2.24) is 29.3 Å². The number of alkyl halides is 3. The lowest BCUT2D eigenvalue weighted by molar-refractivity contribution is -0.212. The van der Waals surface area contributed by atoms with Crippen molar-refractivity contribution in [1.29, 1.82) is 0 Å². The fourth-order valence-electron chi connectivity index (χ4n) is 4.26. The van der Waals surface area contributed by atoms with Crippen LogP contribution in [0.25, 0.3) is 15.3 Å². The van der Waals surface area contributed by atoms with Crippen LogP contribution in [0.5, 0.6) is 0 Å². The van der Waals surface area contributed by atoms with E-state index in [1.165, 1.54) is 23.1 Å². The van der Waals surface area contributed by atoms with Crippen molar-refractivity contribution in [2.75, 3.05) is 30.3 Å². The Kier molecular flexibility index (Phi) is 6.02. The highest BCUT2D eigenvalue weighted by Gasteiger charge is 2.35. The van der Waals surface area contributed by atoms with E-state index in [0.29, 0.717) is 26.8 Å². The third-order valence-corrected chi connectivity index (χ3v) is 7.02. The normalized spacial score (nSPS) is 15.5. The molecule has 1 aliphatic heterocycles. The molecule has 0 spiro atoms. The lowest BCUT2D eigenvalue weighted by atomic mass is 9.84. The Balaban J connectivity index is 1.29. The monoisotopic (exact) mass is 532 g/mol. The van der Waals surface area contributed by atoms with Gasteiger partial charge in [0.1, 0.15) is 4.83 Å². The predicted octanol–water partition coefficient (Wildman–Crippen LogP) is 3.97. The smallest absolute Gasteiger partial charge is 0.324 e. The molecule has 0 atom stereocenters. The average molecular weight is 533 g/mol. The minimum Gasteiger partial charge on any atom is -0.324 e. The molecular weight excluding hydrogens is 509 g/mol.